The molecule has 0 spiro atoms. The van der Waals surface area contributed by atoms with Gasteiger partial charge in [0.25, 0.3) is 0 Å². The zero-order valence-electron chi connectivity index (χ0n) is 14.1. The molecule has 1 saturated heterocycles. The van der Waals surface area contributed by atoms with E-state index in [1.165, 1.54) is 34.6 Å². The van der Waals surface area contributed by atoms with E-state index < -0.39 is 15.8 Å². The Kier molecular flexibility index (Phi) is 4.90. The van der Waals surface area contributed by atoms with Gasteiger partial charge in [-0.05, 0) is 55.4 Å². The first-order valence-electron chi connectivity index (χ1n) is 8.01. The van der Waals surface area contributed by atoms with Crippen LogP contribution in [0.5, 0.6) is 0 Å². The molecule has 4 nitrogen and oxygen atoms in total. The number of hydrogen-bond acceptors (Lipinski definition) is 3. The predicted octanol–water partition coefficient (Wildman–Crippen LogP) is 2.95. The first-order valence-corrected chi connectivity index (χ1v) is 9.45. The van der Waals surface area contributed by atoms with Crippen molar-refractivity contribution in [3.05, 3.63) is 65.2 Å². The molecule has 0 bridgehead atoms. The van der Waals surface area contributed by atoms with Crippen LogP contribution in [0.3, 0.4) is 0 Å². The molecule has 1 aliphatic rings. The van der Waals surface area contributed by atoms with E-state index in [1.807, 2.05) is 7.05 Å². The molecule has 1 fully saturated rings. The van der Waals surface area contributed by atoms with Crippen molar-refractivity contribution in [3.8, 4) is 0 Å². The highest BCUT2D eigenvalue weighted by Gasteiger charge is 2.33. The van der Waals surface area contributed by atoms with Crippen molar-refractivity contribution in [1.82, 2.24) is 9.21 Å². The van der Waals surface area contributed by atoms with Gasteiger partial charge in [-0.15, -0.1) is 0 Å². The molecule has 2 aromatic carbocycles. The minimum Gasteiger partial charge on any atom is -0.297 e. The van der Waals surface area contributed by atoms with Crippen molar-refractivity contribution in [2.45, 2.75) is 17.9 Å². The van der Waals surface area contributed by atoms with Gasteiger partial charge in [-0.1, -0.05) is 12.1 Å². The van der Waals surface area contributed by atoms with E-state index in [0.717, 1.165) is 5.56 Å². The van der Waals surface area contributed by atoms with Crippen LogP contribution in [0.1, 0.15) is 17.2 Å². The van der Waals surface area contributed by atoms with Gasteiger partial charge in [0.05, 0.1) is 4.90 Å². The maximum atomic E-state index is 13.5. The molecule has 7 heteroatoms. The number of rotatable bonds is 3. The smallest absolute Gasteiger partial charge is 0.243 e. The molecule has 1 atom stereocenters. The third-order valence-corrected chi connectivity index (χ3v) is 6.49. The van der Waals surface area contributed by atoms with Crippen molar-refractivity contribution in [2.24, 2.45) is 0 Å². The molecule has 0 N–H and O–H groups in total. The third-order valence-electron chi connectivity index (χ3n) is 4.63. The standard InChI is InChI=1S/C18H20F2N2O2S/c1-13-11-16(7-8-17(13)20)25(23,24)22-10-9-21(2)18(12-22)14-3-5-15(19)6-4-14/h3-8,11,18H,9-10,12H2,1-2H3. The highest BCUT2D eigenvalue weighted by molar-refractivity contribution is 7.89. The number of likely N-dealkylation sites (N-methyl/N-ethyl adjacent to an activating group) is 1. The average molecular weight is 366 g/mol. The predicted molar refractivity (Wildman–Crippen MR) is 91.7 cm³/mol. The summed E-state index contributed by atoms with van der Waals surface area (Å²) in [5, 5.41) is 0. The second-order valence-corrected chi connectivity index (χ2v) is 8.26. The Morgan fingerprint density at radius 1 is 1.04 bits per heavy atom. The molecule has 0 saturated carbocycles. The number of sulfonamides is 1. The van der Waals surface area contributed by atoms with Gasteiger partial charge in [-0.25, -0.2) is 17.2 Å². The fourth-order valence-electron chi connectivity index (χ4n) is 3.04. The number of hydrogen-bond donors (Lipinski definition) is 0. The quantitative estimate of drug-likeness (QED) is 0.839. The number of benzene rings is 2. The van der Waals surface area contributed by atoms with Crippen LogP contribution in [0.25, 0.3) is 0 Å². The zero-order valence-corrected chi connectivity index (χ0v) is 14.9. The Balaban J connectivity index is 1.89. The Morgan fingerprint density at radius 2 is 1.72 bits per heavy atom. The number of piperazine rings is 1. The van der Waals surface area contributed by atoms with E-state index in [2.05, 4.69) is 4.90 Å². The van der Waals surface area contributed by atoms with Crippen LogP contribution < -0.4 is 0 Å². The van der Waals surface area contributed by atoms with Crippen molar-refractivity contribution in [2.75, 3.05) is 26.7 Å². The summed E-state index contributed by atoms with van der Waals surface area (Å²) in [7, 11) is -1.79. The lowest BCUT2D eigenvalue weighted by atomic mass is 10.0. The summed E-state index contributed by atoms with van der Waals surface area (Å²) >= 11 is 0. The zero-order chi connectivity index (χ0) is 18.2. The Bertz CT molecular complexity index is 869. The molecule has 3 rings (SSSR count). The van der Waals surface area contributed by atoms with Gasteiger partial charge < -0.3 is 0 Å². The minimum atomic E-state index is -3.71. The van der Waals surface area contributed by atoms with Crippen molar-refractivity contribution >= 4 is 10.0 Å². The lowest BCUT2D eigenvalue weighted by Gasteiger charge is -2.39. The lowest BCUT2D eigenvalue weighted by Crippen LogP contribution is -2.48. The van der Waals surface area contributed by atoms with Crippen molar-refractivity contribution in [3.63, 3.8) is 0 Å². The van der Waals surface area contributed by atoms with Crippen LogP contribution in [0, 0.1) is 18.6 Å². The number of aryl methyl sites for hydroxylation is 1. The molecule has 25 heavy (non-hydrogen) atoms. The first-order chi connectivity index (χ1) is 11.8. The van der Waals surface area contributed by atoms with E-state index >= 15 is 0 Å². The summed E-state index contributed by atoms with van der Waals surface area (Å²) in [5.41, 5.74) is 1.16. The normalized spacial score (nSPS) is 19.9. The Hall–Kier alpha value is -1.83. The number of halogens is 2. The highest BCUT2D eigenvalue weighted by atomic mass is 32.2. The summed E-state index contributed by atoms with van der Waals surface area (Å²) in [5.74, 6) is -0.755. The second-order valence-electron chi connectivity index (χ2n) is 6.32. The van der Waals surface area contributed by atoms with Gasteiger partial charge in [0.15, 0.2) is 0 Å². The molecule has 0 radical (unpaired) electrons. The molecule has 1 unspecified atom stereocenters. The molecule has 0 aromatic heterocycles. The van der Waals surface area contributed by atoms with Gasteiger partial charge in [0, 0.05) is 25.7 Å². The molecule has 134 valence electrons. The molecule has 0 aliphatic carbocycles. The average Bonchev–Trinajstić information content (AvgIpc) is 2.58. The van der Waals surface area contributed by atoms with Crippen LogP contribution in [-0.4, -0.2) is 44.3 Å². The van der Waals surface area contributed by atoms with Crippen molar-refractivity contribution < 1.29 is 17.2 Å². The van der Waals surface area contributed by atoms with E-state index in [-0.39, 0.29) is 23.3 Å². The second kappa shape index (κ2) is 6.82. The van der Waals surface area contributed by atoms with Crippen LogP contribution in [0.15, 0.2) is 47.4 Å². The molecule has 1 aliphatic heterocycles. The summed E-state index contributed by atoms with van der Waals surface area (Å²) < 4.78 is 53.8. The summed E-state index contributed by atoms with van der Waals surface area (Å²) in [6.07, 6.45) is 0. The summed E-state index contributed by atoms with van der Waals surface area (Å²) in [4.78, 5) is 2.14. The summed E-state index contributed by atoms with van der Waals surface area (Å²) in [6, 6.07) is 9.77. The minimum absolute atomic E-state index is 0.0915. The first kappa shape index (κ1) is 18.0. The van der Waals surface area contributed by atoms with Gasteiger partial charge in [0.1, 0.15) is 11.6 Å². The van der Waals surface area contributed by atoms with Gasteiger partial charge in [-0.2, -0.15) is 4.31 Å². The molecular weight excluding hydrogens is 346 g/mol. The lowest BCUT2D eigenvalue weighted by molar-refractivity contribution is 0.148. The molecule has 1 heterocycles. The van der Waals surface area contributed by atoms with Gasteiger partial charge in [0.2, 0.25) is 10.0 Å². The summed E-state index contributed by atoms with van der Waals surface area (Å²) in [6.45, 7) is 2.72. The third kappa shape index (κ3) is 3.58. The van der Waals surface area contributed by atoms with Crippen LogP contribution in [-0.2, 0) is 10.0 Å². The van der Waals surface area contributed by atoms with E-state index in [9.17, 15) is 17.2 Å². The Morgan fingerprint density at radius 3 is 2.36 bits per heavy atom. The SMILES string of the molecule is Cc1cc(S(=O)(=O)N2CCN(C)C(c3ccc(F)cc3)C2)ccc1F. The molecule has 0 amide bonds. The van der Waals surface area contributed by atoms with Crippen LogP contribution in [0.2, 0.25) is 0 Å². The highest BCUT2D eigenvalue weighted by Crippen LogP contribution is 2.28. The Labute approximate surface area is 146 Å². The van der Waals surface area contributed by atoms with E-state index in [0.29, 0.717) is 18.7 Å². The fourth-order valence-corrected chi connectivity index (χ4v) is 4.56. The molecular formula is C18H20F2N2O2S. The van der Waals surface area contributed by atoms with Gasteiger partial charge in [-0.3, -0.25) is 4.90 Å². The number of nitrogens with zero attached hydrogens (tertiary/aromatic N) is 2. The topological polar surface area (TPSA) is 40.6 Å². The maximum Gasteiger partial charge on any atom is 0.243 e. The van der Waals surface area contributed by atoms with Gasteiger partial charge >= 0.3 is 0 Å². The van der Waals surface area contributed by atoms with E-state index in [4.69, 9.17) is 0 Å². The maximum absolute atomic E-state index is 13.5. The van der Waals surface area contributed by atoms with Crippen molar-refractivity contribution in [1.29, 1.82) is 0 Å². The monoisotopic (exact) mass is 366 g/mol. The van der Waals surface area contributed by atoms with Crippen LogP contribution >= 0.6 is 0 Å². The fraction of sp³-hybridized carbons (Fsp3) is 0.333. The largest absolute Gasteiger partial charge is 0.297 e. The molecule has 2 aromatic rings. The van der Waals surface area contributed by atoms with E-state index in [1.54, 1.807) is 19.1 Å². The van der Waals surface area contributed by atoms with Crippen LogP contribution in [0.4, 0.5) is 8.78 Å².